The van der Waals surface area contributed by atoms with E-state index in [1.165, 1.54) is 62.3 Å². The van der Waals surface area contributed by atoms with E-state index < -0.39 is 24.4 Å². The summed E-state index contributed by atoms with van der Waals surface area (Å²) < 4.78 is 30.6. The van der Waals surface area contributed by atoms with Crippen molar-refractivity contribution in [2.75, 3.05) is 26.4 Å². The SMILES string of the molecule is C=CCOC(=O)[C@@H]1CC(OC2CCCC(COC3CCCCCCCCCC3)O2)CN1C(=O)OCC1c2ccccc2-c2ccccc21. The number of likely N-dealkylation sites (tertiary alicyclic amines) is 1. The van der Waals surface area contributed by atoms with Crippen LogP contribution in [0.5, 0.6) is 0 Å². The predicted octanol–water partition coefficient (Wildman–Crippen LogP) is 8.32. The van der Waals surface area contributed by atoms with Gasteiger partial charge < -0.3 is 23.7 Å². The second kappa shape index (κ2) is 17.5. The topological polar surface area (TPSA) is 83.5 Å². The van der Waals surface area contributed by atoms with Crippen LogP contribution in [0.15, 0.2) is 61.2 Å². The maximum absolute atomic E-state index is 13.6. The van der Waals surface area contributed by atoms with E-state index in [0.717, 1.165) is 54.4 Å². The Morgan fingerprint density at radius 3 is 2.08 bits per heavy atom. The normalized spacial score (nSPS) is 25.5. The molecule has 2 saturated heterocycles. The highest BCUT2D eigenvalue weighted by atomic mass is 16.7. The largest absolute Gasteiger partial charge is 0.460 e. The number of nitrogens with zero attached hydrogens (tertiary/aromatic N) is 1. The Bertz CT molecular complexity index is 1310. The lowest BCUT2D eigenvalue weighted by Gasteiger charge is -2.32. The molecular formula is C40H53NO7. The molecule has 0 aromatic heterocycles. The van der Waals surface area contributed by atoms with Crippen molar-refractivity contribution in [2.45, 2.75) is 126 Å². The molecule has 3 unspecified atom stereocenters. The molecule has 2 aromatic carbocycles. The highest BCUT2D eigenvalue weighted by molar-refractivity contribution is 5.83. The highest BCUT2D eigenvalue weighted by Crippen LogP contribution is 2.44. The number of carbonyl (C=O) groups excluding carboxylic acids is 2. The van der Waals surface area contributed by atoms with Gasteiger partial charge >= 0.3 is 12.1 Å². The molecule has 0 radical (unpaired) electrons. The summed E-state index contributed by atoms with van der Waals surface area (Å²) in [5, 5.41) is 0. The number of carbonyl (C=O) groups is 2. The summed E-state index contributed by atoms with van der Waals surface area (Å²) in [5.41, 5.74) is 4.61. The van der Waals surface area contributed by atoms with E-state index in [9.17, 15) is 9.59 Å². The second-order valence-electron chi connectivity index (χ2n) is 13.9. The third kappa shape index (κ3) is 8.87. The fourth-order valence-corrected chi connectivity index (χ4v) is 7.89. The lowest BCUT2D eigenvalue weighted by molar-refractivity contribution is -0.224. The first-order valence-corrected chi connectivity index (χ1v) is 18.4. The van der Waals surface area contributed by atoms with Gasteiger partial charge in [0.1, 0.15) is 19.3 Å². The lowest BCUT2D eigenvalue weighted by atomic mass is 9.98. The molecule has 260 valence electrons. The monoisotopic (exact) mass is 659 g/mol. The van der Waals surface area contributed by atoms with Gasteiger partial charge in [-0.25, -0.2) is 9.59 Å². The third-order valence-electron chi connectivity index (χ3n) is 10.4. The standard InChI is InChI=1S/C40H53NO7/c1-2-24-44-39(42)37-25-31(48-38-23-15-18-30(47-38)27-45-29-16-9-7-5-3-4-6-8-10-17-29)26-41(37)40(43)46-28-36-34-21-13-11-19-32(34)33-20-12-14-22-35(33)36/h2,11-14,19-22,29-31,36-38H,1,3-10,15-18,23-28H2/t30?,31?,37-,38?/m0/s1. The Morgan fingerprint density at radius 2 is 1.42 bits per heavy atom. The van der Waals surface area contributed by atoms with E-state index in [4.69, 9.17) is 23.7 Å². The molecule has 8 nitrogen and oxygen atoms in total. The summed E-state index contributed by atoms with van der Waals surface area (Å²) >= 11 is 0. The van der Waals surface area contributed by atoms with E-state index >= 15 is 0 Å². The summed E-state index contributed by atoms with van der Waals surface area (Å²) in [5.74, 6) is -0.551. The number of fused-ring (bicyclic) bond motifs is 3. The molecule has 1 saturated carbocycles. The van der Waals surface area contributed by atoms with Crippen LogP contribution in [0, 0.1) is 0 Å². The molecule has 1 amide bonds. The van der Waals surface area contributed by atoms with Crippen LogP contribution in [-0.2, 0) is 28.5 Å². The number of rotatable bonds is 10. The average molecular weight is 660 g/mol. The highest BCUT2D eigenvalue weighted by Gasteiger charge is 2.44. The van der Waals surface area contributed by atoms with Crippen LogP contribution < -0.4 is 0 Å². The van der Waals surface area contributed by atoms with Crippen LogP contribution in [0.3, 0.4) is 0 Å². The average Bonchev–Trinajstić information content (AvgIpc) is 3.66. The first kappa shape index (κ1) is 34.7. The number of benzene rings is 2. The molecule has 6 rings (SSSR count). The van der Waals surface area contributed by atoms with Crippen LogP contribution >= 0.6 is 0 Å². The summed E-state index contributed by atoms with van der Waals surface area (Å²) in [6.07, 6.45) is 16.2. The number of hydrogen-bond acceptors (Lipinski definition) is 7. The van der Waals surface area contributed by atoms with Crippen LogP contribution in [0.1, 0.15) is 107 Å². The van der Waals surface area contributed by atoms with Gasteiger partial charge in [0.15, 0.2) is 6.29 Å². The number of hydrogen-bond donors (Lipinski definition) is 0. The Hall–Kier alpha value is -3.20. The minimum absolute atomic E-state index is 0.0186. The van der Waals surface area contributed by atoms with Crippen molar-refractivity contribution in [1.29, 1.82) is 0 Å². The van der Waals surface area contributed by atoms with Crippen LogP contribution in [0.25, 0.3) is 11.1 Å². The minimum atomic E-state index is -0.801. The van der Waals surface area contributed by atoms with Gasteiger partial charge in [-0.2, -0.15) is 0 Å². The first-order valence-electron chi connectivity index (χ1n) is 18.4. The molecule has 3 fully saturated rings. The van der Waals surface area contributed by atoms with E-state index in [-0.39, 0.29) is 37.9 Å². The van der Waals surface area contributed by atoms with E-state index in [0.29, 0.717) is 19.1 Å². The lowest BCUT2D eigenvalue weighted by Crippen LogP contribution is -2.42. The molecule has 0 bridgehead atoms. The molecule has 0 spiro atoms. The van der Waals surface area contributed by atoms with Gasteiger partial charge in [0, 0.05) is 12.3 Å². The molecule has 48 heavy (non-hydrogen) atoms. The fourth-order valence-electron chi connectivity index (χ4n) is 7.89. The summed E-state index contributed by atoms with van der Waals surface area (Å²) in [6, 6.07) is 15.7. The fraction of sp³-hybridized carbons (Fsp3) is 0.600. The second-order valence-corrected chi connectivity index (χ2v) is 13.9. The maximum atomic E-state index is 13.6. The van der Waals surface area contributed by atoms with Crippen molar-refractivity contribution in [3.63, 3.8) is 0 Å². The summed E-state index contributed by atoms with van der Waals surface area (Å²) in [7, 11) is 0. The molecule has 8 heteroatoms. The van der Waals surface area contributed by atoms with Crippen molar-refractivity contribution in [3.8, 4) is 11.1 Å². The van der Waals surface area contributed by atoms with Crippen LogP contribution in [0.4, 0.5) is 4.79 Å². The van der Waals surface area contributed by atoms with Gasteiger partial charge in [-0.1, -0.05) is 113 Å². The quantitative estimate of drug-likeness (QED) is 0.187. The molecule has 4 aliphatic rings. The third-order valence-corrected chi connectivity index (χ3v) is 10.4. The predicted molar refractivity (Wildman–Crippen MR) is 185 cm³/mol. The number of ether oxygens (including phenoxy) is 5. The van der Waals surface area contributed by atoms with Gasteiger partial charge in [-0.15, -0.1) is 0 Å². The van der Waals surface area contributed by atoms with Crippen molar-refractivity contribution >= 4 is 12.1 Å². The van der Waals surface area contributed by atoms with E-state index in [1.54, 1.807) is 0 Å². The van der Waals surface area contributed by atoms with Crippen molar-refractivity contribution in [2.24, 2.45) is 0 Å². The maximum Gasteiger partial charge on any atom is 0.410 e. The Kier molecular flexibility index (Phi) is 12.6. The van der Waals surface area contributed by atoms with Gasteiger partial charge in [-0.05, 0) is 54.4 Å². The van der Waals surface area contributed by atoms with Crippen molar-refractivity contribution < 1.29 is 33.3 Å². The Balaban J connectivity index is 1.04. The number of esters is 1. The van der Waals surface area contributed by atoms with Crippen molar-refractivity contribution in [1.82, 2.24) is 4.90 Å². The Labute approximate surface area is 286 Å². The van der Waals surface area contributed by atoms with Gasteiger partial charge in [0.25, 0.3) is 0 Å². The minimum Gasteiger partial charge on any atom is -0.460 e. The Morgan fingerprint density at radius 1 is 0.771 bits per heavy atom. The van der Waals surface area contributed by atoms with Gasteiger partial charge in [-0.3, -0.25) is 4.90 Å². The molecule has 2 aromatic rings. The van der Waals surface area contributed by atoms with E-state index in [1.807, 2.05) is 24.3 Å². The molecule has 2 aliphatic heterocycles. The van der Waals surface area contributed by atoms with Crippen LogP contribution in [-0.4, -0.2) is 74.0 Å². The molecule has 0 N–H and O–H groups in total. The molecule has 4 atom stereocenters. The molecular weight excluding hydrogens is 606 g/mol. The first-order chi connectivity index (χ1) is 23.6. The zero-order valence-electron chi connectivity index (χ0n) is 28.4. The smallest absolute Gasteiger partial charge is 0.410 e. The van der Waals surface area contributed by atoms with Crippen LogP contribution in [0.2, 0.25) is 0 Å². The zero-order chi connectivity index (χ0) is 33.1. The zero-order valence-corrected chi connectivity index (χ0v) is 28.4. The van der Waals surface area contributed by atoms with Gasteiger partial charge in [0.2, 0.25) is 0 Å². The molecule has 2 heterocycles. The summed E-state index contributed by atoms with van der Waals surface area (Å²) in [4.78, 5) is 28.2. The molecule has 2 aliphatic carbocycles. The van der Waals surface area contributed by atoms with Gasteiger partial charge in [0.05, 0.1) is 31.5 Å². The number of amides is 1. The van der Waals surface area contributed by atoms with Crippen molar-refractivity contribution in [3.05, 3.63) is 72.3 Å². The van der Waals surface area contributed by atoms with E-state index in [2.05, 4.69) is 30.8 Å². The summed E-state index contributed by atoms with van der Waals surface area (Å²) in [6.45, 7) is 4.72.